The van der Waals surface area contributed by atoms with Crippen LogP contribution in [0.1, 0.15) is 17.0 Å². The molecule has 0 aliphatic rings. The van der Waals surface area contributed by atoms with Crippen LogP contribution in [-0.4, -0.2) is 4.98 Å². The van der Waals surface area contributed by atoms with Crippen LogP contribution in [0, 0.1) is 13.8 Å². The summed E-state index contributed by atoms with van der Waals surface area (Å²) in [5.74, 6) is 2.10. The van der Waals surface area contributed by atoms with E-state index in [0.717, 1.165) is 22.6 Å². The van der Waals surface area contributed by atoms with Gasteiger partial charge < -0.3 is 9.15 Å². The molecule has 3 nitrogen and oxygen atoms in total. The van der Waals surface area contributed by atoms with Crippen LogP contribution in [0.3, 0.4) is 0 Å². The van der Waals surface area contributed by atoms with E-state index in [4.69, 9.17) is 20.8 Å². The highest BCUT2D eigenvalue weighted by molar-refractivity contribution is 6.30. The number of ether oxygens (including phenoxy) is 1. The van der Waals surface area contributed by atoms with Crippen molar-refractivity contribution in [3.8, 4) is 17.2 Å². The molecule has 0 N–H and O–H groups in total. The van der Waals surface area contributed by atoms with Crippen molar-refractivity contribution in [2.24, 2.45) is 0 Å². The summed E-state index contributed by atoms with van der Waals surface area (Å²) in [4.78, 5) is 4.55. The lowest BCUT2D eigenvalue weighted by atomic mass is 10.1. The maximum Gasteiger partial charge on any atom is 0.226 e. The molecule has 0 saturated carbocycles. The van der Waals surface area contributed by atoms with Gasteiger partial charge in [0.1, 0.15) is 23.8 Å². The number of halogens is 1. The van der Waals surface area contributed by atoms with E-state index >= 15 is 0 Å². The first-order chi connectivity index (χ1) is 10.6. The fourth-order valence-electron chi connectivity index (χ4n) is 2.20. The van der Waals surface area contributed by atoms with Crippen molar-refractivity contribution in [1.82, 2.24) is 4.98 Å². The molecule has 0 amide bonds. The first kappa shape index (κ1) is 14.7. The smallest absolute Gasteiger partial charge is 0.226 e. The van der Waals surface area contributed by atoms with Gasteiger partial charge in [0.05, 0.1) is 0 Å². The molecule has 3 rings (SSSR count). The molecule has 2 aromatic carbocycles. The zero-order chi connectivity index (χ0) is 15.5. The third kappa shape index (κ3) is 3.15. The fourth-order valence-corrected chi connectivity index (χ4v) is 2.38. The Balaban J connectivity index is 1.80. The van der Waals surface area contributed by atoms with E-state index in [2.05, 4.69) is 4.98 Å². The minimum absolute atomic E-state index is 0.349. The number of aryl methyl sites for hydroxylation is 2. The average Bonchev–Trinajstić information content (AvgIpc) is 2.87. The maximum absolute atomic E-state index is 5.95. The molecule has 112 valence electrons. The first-order valence-corrected chi connectivity index (χ1v) is 7.42. The SMILES string of the molecule is Cc1ccccc1-c1nc(COc2cccc(Cl)c2)c(C)o1. The predicted molar refractivity (Wildman–Crippen MR) is 87.2 cm³/mol. The molecule has 0 atom stereocenters. The molecule has 0 aliphatic carbocycles. The van der Waals surface area contributed by atoms with Crippen LogP contribution in [0.4, 0.5) is 0 Å². The van der Waals surface area contributed by atoms with Gasteiger partial charge in [-0.3, -0.25) is 0 Å². The Morgan fingerprint density at radius 1 is 1.09 bits per heavy atom. The highest BCUT2D eigenvalue weighted by Gasteiger charge is 2.13. The predicted octanol–water partition coefficient (Wildman–Crippen LogP) is 5.19. The summed E-state index contributed by atoms with van der Waals surface area (Å²) in [7, 11) is 0. The highest BCUT2D eigenvalue weighted by Crippen LogP contribution is 2.25. The quantitative estimate of drug-likeness (QED) is 0.664. The summed E-state index contributed by atoms with van der Waals surface area (Å²) in [5, 5.41) is 0.648. The lowest BCUT2D eigenvalue weighted by Gasteiger charge is -2.04. The third-order valence-electron chi connectivity index (χ3n) is 3.44. The molecule has 0 spiro atoms. The van der Waals surface area contributed by atoms with Gasteiger partial charge in [-0.25, -0.2) is 4.98 Å². The summed E-state index contributed by atoms with van der Waals surface area (Å²) in [6, 6.07) is 15.3. The molecule has 3 aromatic rings. The van der Waals surface area contributed by atoms with Gasteiger partial charge in [0.25, 0.3) is 0 Å². The van der Waals surface area contributed by atoms with Crippen molar-refractivity contribution in [2.45, 2.75) is 20.5 Å². The summed E-state index contributed by atoms with van der Waals surface area (Å²) in [6.07, 6.45) is 0. The fraction of sp³-hybridized carbons (Fsp3) is 0.167. The van der Waals surface area contributed by atoms with E-state index in [1.165, 1.54) is 0 Å². The molecule has 4 heteroatoms. The number of hydrogen-bond acceptors (Lipinski definition) is 3. The monoisotopic (exact) mass is 313 g/mol. The Hall–Kier alpha value is -2.26. The Kier molecular flexibility index (Phi) is 4.16. The third-order valence-corrected chi connectivity index (χ3v) is 3.67. The average molecular weight is 314 g/mol. The number of oxazole rings is 1. The Morgan fingerprint density at radius 2 is 1.91 bits per heavy atom. The molecule has 22 heavy (non-hydrogen) atoms. The Labute approximate surface area is 134 Å². The van der Waals surface area contributed by atoms with Crippen LogP contribution >= 0.6 is 11.6 Å². The second-order valence-electron chi connectivity index (χ2n) is 5.08. The lowest BCUT2D eigenvalue weighted by molar-refractivity contribution is 0.299. The number of benzene rings is 2. The van der Waals surface area contributed by atoms with Crippen LogP contribution in [0.15, 0.2) is 52.9 Å². The summed E-state index contributed by atoms with van der Waals surface area (Å²) >= 11 is 5.95. The minimum atomic E-state index is 0.349. The molecular weight excluding hydrogens is 298 g/mol. The summed E-state index contributed by atoms with van der Waals surface area (Å²) < 4.78 is 11.5. The zero-order valence-corrected chi connectivity index (χ0v) is 13.2. The van der Waals surface area contributed by atoms with Gasteiger partial charge in [-0.2, -0.15) is 0 Å². The first-order valence-electron chi connectivity index (χ1n) is 7.04. The normalized spacial score (nSPS) is 10.7. The van der Waals surface area contributed by atoms with E-state index < -0.39 is 0 Å². The van der Waals surface area contributed by atoms with Gasteiger partial charge >= 0.3 is 0 Å². The molecule has 0 saturated heterocycles. The summed E-state index contributed by atoms with van der Waals surface area (Å²) in [6.45, 7) is 4.28. The summed E-state index contributed by atoms with van der Waals surface area (Å²) in [5.41, 5.74) is 2.92. The largest absolute Gasteiger partial charge is 0.487 e. The number of hydrogen-bond donors (Lipinski definition) is 0. The van der Waals surface area contributed by atoms with Crippen LogP contribution in [0.2, 0.25) is 5.02 Å². The van der Waals surface area contributed by atoms with Crippen molar-refractivity contribution in [1.29, 1.82) is 0 Å². The molecular formula is C18H16ClNO2. The van der Waals surface area contributed by atoms with Crippen molar-refractivity contribution < 1.29 is 9.15 Å². The van der Waals surface area contributed by atoms with Gasteiger partial charge in [-0.15, -0.1) is 0 Å². The van der Waals surface area contributed by atoms with Crippen molar-refractivity contribution >= 4 is 11.6 Å². The maximum atomic E-state index is 5.95. The van der Waals surface area contributed by atoms with Gasteiger partial charge in [0.15, 0.2) is 0 Å². The second-order valence-corrected chi connectivity index (χ2v) is 5.52. The number of aromatic nitrogens is 1. The standard InChI is InChI=1S/C18H16ClNO2/c1-12-6-3-4-9-16(12)18-20-17(13(2)22-18)11-21-15-8-5-7-14(19)10-15/h3-10H,11H2,1-2H3. The van der Waals surface area contributed by atoms with Crippen molar-refractivity contribution in [3.05, 3.63) is 70.6 Å². The van der Waals surface area contributed by atoms with E-state index in [1.807, 2.05) is 56.3 Å². The lowest BCUT2D eigenvalue weighted by Crippen LogP contribution is -1.97. The molecule has 0 bridgehead atoms. The Bertz CT molecular complexity index is 795. The van der Waals surface area contributed by atoms with Gasteiger partial charge in [0, 0.05) is 10.6 Å². The van der Waals surface area contributed by atoms with E-state index in [1.54, 1.807) is 6.07 Å². The molecule has 1 heterocycles. The van der Waals surface area contributed by atoms with Gasteiger partial charge in [0.2, 0.25) is 5.89 Å². The minimum Gasteiger partial charge on any atom is -0.487 e. The second kappa shape index (κ2) is 6.24. The zero-order valence-electron chi connectivity index (χ0n) is 12.5. The van der Waals surface area contributed by atoms with E-state index in [9.17, 15) is 0 Å². The van der Waals surface area contributed by atoms with Crippen LogP contribution < -0.4 is 4.74 Å². The number of nitrogens with zero attached hydrogens (tertiary/aromatic N) is 1. The highest BCUT2D eigenvalue weighted by atomic mass is 35.5. The van der Waals surface area contributed by atoms with Crippen molar-refractivity contribution in [2.75, 3.05) is 0 Å². The topological polar surface area (TPSA) is 35.3 Å². The van der Waals surface area contributed by atoms with E-state index in [-0.39, 0.29) is 0 Å². The van der Waals surface area contributed by atoms with Crippen molar-refractivity contribution in [3.63, 3.8) is 0 Å². The Morgan fingerprint density at radius 3 is 2.68 bits per heavy atom. The molecule has 0 aliphatic heterocycles. The molecule has 0 radical (unpaired) electrons. The van der Waals surface area contributed by atoms with Crippen LogP contribution in [-0.2, 0) is 6.61 Å². The van der Waals surface area contributed by atoms with Gasteiger partial charge in [-0.05, 0) is 43.7 Å². The van der Waals surface area contributed by atoms with Crippen LogP contribution in [0.25, 0.3) is 11.5 Å². The van der Waals surface area contributed by atoms with E-state index in [0.29, 0.717) is 23.3 Å². The molecule has 1 aromatic heterocycles. The number of rotatable bonds is 4. The molecule has 0 unspecified atom stereocenters. The van der Waals surface area contributed by atoms with Gasteiger partial charge in [-0.1, -0.05) is 35.9 Å². The van der Waals surface area contributed by atoms with Crippen LogP contribution in [0.5, 0.6) is 5.75 Å². The molecule has 0 fully saturated rings.